The number of aryl methyl sites for hydroxylation is 2. The van der Waals surface area contributed by atoms with E-state index in [9.17, 15) is 0 Å². The Bertz CT molecular complexity index is 748. The molecule has 0 aliphatic rings. The van der Waals surface area contributed by atoms with Gasteiger partial charge in [0.2, 0.25) is 0 Å². The van der Waals surface area contributed by atoms with Gasteiger partial charge in [-0.25, -0.2) is 5.43 Å². The second kappa shape index (κ2) is 5.07. The summed E-state index contributed by atoms with van der Waals surface area (Å²) >= 11 is 0. The lowest BCUT2D eigenvalue weighted by atomic mass is 9.98. The van der Waals surface area contributed by atoms with Gasteiger partial charge in [-0.2, -0.15) is 0 Å². The zero-order valence-corrected chi connectivity index (χ0v) is 11.6. The van der Waals surface area contributed by atoms with Crippen LogP contribution in [0.2, 0.25) is 0 Å². The van der Waals surface area contributed by atoms with Crippen molar-refractivity contribution in [1.82, 2.24) is 10.4 Å². The molecule has 1 aromatic carbocycles. The van der Waals surface area contributed by atoms with Crippen LogP contribution < -0.4 is 11.3 Å². The summed E-state index contributed by atoms with van der Waals surface area (Å²) in [4.78, 5) is 4.39. The number of rotatable bonds is 3. The Kier molecular flexibility index (Phi) is 3.26. The van der Waals surface area contributed by atoms with Crippen molar-refractivity contribution in [3.8, 4) is 0 Å². The minimum absolute atomic E-state index is 0.0983. The van der Waals surface area contributed by atoms with E-state index >= 15 is 0 Å². The number of nitrogens with zero attached hydrogens (tertiary/aromatic N) is 1. The average molecular weight is 267 g/mol. The van der Waals surface area contributed by atoms with E-state index in [0.717, 1.165) is 33.6 Å². The number of pyridine rings is 1. The topological polar surface area (TPSA) is 64.1 Å². The standard InChI is InChI=1S/C16H17N3O/c1-10-8-14(11(2)20-10)16(19-17)13-6-5-12-4-3-7-18-15(12)9-13/h3-9,16,19H,17H2,1-2H3. The molecule has 1 unspecified atom stereocenters. The molecule has 2 heterocycles. The molecule has 0 radical (unpaired) electrons. The molecule has 0 bridgehead atoms. The average Bonchev–Trinajstić information content (AvgIpc) is 2.78. The first-order chi connectivity index (χ1) is 9.69. The van der Waals surface area contributed by atoms with Crippen LogP contribution in [0.5, 0.6) is 0 Å². The minimum atomic E-state index is -0.0983. The van der Waals surface area contributed by atoms with Gasteiger partial charge in [-0.15, -0.1) is 0 Å². The van der Waals surface area contributed by atoms with Gasteiger partial charge in [0.05, 0.1) is 11.6 Å². The van der Waals surface area contributed by atoms with Gasteiger partial charge in [0, 0.05) is 17.1 Å². The van der Waals surface area contributed by atoms with Gasteiger partial charge < -0.3 is 4.42 Å². The molecule has 3 aromatic rings. The molecule has 0 saturated carbocycles. The number of hydrogen-bond donors (Lipinski definition) is 2. The van der Waals surface area contributed by atoms with Gasteiger partial charge >= 0.3 is 0 Å². The van der Waals surface area contributed by atoms with E-state index in [2.05, 4.69) is 28.6 Å². The maximum absolute atomic E-state index is 5.75. The highest BCUT2D eigenvalue weighted by Gasteiger charge is 2.18. The summed E-state index contributed by atoms with van der Waals surface area (Å²) in [5, 5.41) is 1.12. The SMILES string of the molecule is Cc1cc(C(NN)c2ccc3cccnc3c2)c(C)o1. The summed E-state index contributed by atoms with van der Waals surface area (Å²) in [6.45, 7) is 3.89. The Hall–Kier alpha value is -2.17. The summed E-state index contributed by atoms with van der Waals surface area (Å²) in [6.07, 6.45) is 1.80. The van der Waals surface area contributed by atoms with Gasteiger partial charge in [0.25, 0.3) is 0 Å². The maximum atomic E-state index is 5.75. The fourth-order valence-corrected chi connectivity index (χ4v) is 2.57. The van der Waals surface area contributed by atoms with Crippen molar-refractivity contribution in [1.29, 1.82) is 0 Å². The summed E-state index contributed by atoms with van der Waals surface area (Å²) in [5.41, 5.74) is 5.95. The first-order valence-corrected chi connectivity index (χ1v) is 6.57. The van der Waals surface area contributed by atoms with Crippen LogP contribution in [0, 0.1) is 13.8 Å². The normalized spacial score (nSPS) is 12.8. The van der Waals surface area contributed by atoms with Crippen molar-refractivity contribution in [3.05, 3.63) is 65.2 Å². The van der Waals surface area contributed by atoms with E-state index in [-0.39, 0.29) is 6.04 Å². The molecular weight excluding hydrogens is 250 g/mol. The van der Waals surface area contributed by atoms with E-state index in [4.69, 9.17) is 10.3 Å². The monoisotopic (exact) mass is 267 g/mol. The molecule has 0 spiro atoms. The van der Waals surface area contributed by atoms with Gasteiger partial charge in [0.1, 0.15) is 11.5 Å². The fraction of sp³-hybridized carbons (Fsp3) is 0.188. The molecule has 20 heavy (non-hydrogen) atoms. The van der Waals surface area contributed by atoms with Crippen LogP contribution in [0.3, 0.4) is 0 Å². The second-order valence-corrected chi connectivity index (χ2v) is 4.92. The smallest absolute Gasteiger partial charge is 0.106 e. The molecule has 0 fully saturated rings. The van der Waals surface area contributed by atoms with Crippen molar-refractivity contribution in [2.45, 2.75) is 19.9 Å². The molecule has 3 rings (SSSR count). The molecule has 0 saturated heterocycles. The highest BCUT2D eigenvalue weighted by atomic mass is 16.3. The van der Waals surface area contributed by atoms with E-state index in [1.54, 1.807) is 6.20 Å². The predicted molar refractivity (Wildman–Crippen MR) is 79.1 cm³/mol. The molecular formula is C16H17N3O. The summed E-state index contributed by atoms with van der Waals surface area (Å²) < 4.78 is 5.60. The number of hydrogen-bond acceptors (Lipinski definition) is 4. The van der Waals surface area contributed by atoms with Crippen molar-refractivity contribution in [3.63, 3.8) is 0 Å². The molecule has 1 atom stereocenters. The van der Waals surface area contributed by atoms with Crippen LogP contribution in [0.15, 0.2) is 47.0 Å². The number of nitrogens with two attached hydrogens (primary N) is 1. The minimum Gasteiger partial charge on any atom is -0.466 e. The highest BCUT2D eigenvalue weighted by Crippen LogP contribution is 2.28. The lowest BCUT2D eigenvalue weighted by molar-refractivity contribution is 0.495. The Labute approximate surface area is 117 Å². The Morgan fingerprint density at radius 1 is 1.20 bits per heavy atom. The number of aromatic nitrogens is 1. The third-order valence-electron chi connectivity index (χ3n) is 3.52. The fourth-order valence-electron chi connectivity index (χ4n) is 2.57. The number of hydrazine groups is 1. The van der Waals surface area contributed by atoms with Gasteiger partial charge in [0.15, 0.2) is 0 Å². The molecule has 4 heteroatoms. The number of benzene rings is 1. The largest absolute Gasteiger partial charge is 0.466 e. The quantitative estimate of drug-likeness (QED) is 0.565. The predicted octanol–water partition coefficient (Wildman–Crippen LogP) is 3.00. The van der Waals surface area contributed by atoms with Crippen molar-refractivity contribution in [2.75, 3.05) is 0 Å². The van der Waals surface area contributed by atoms with E-state index < -0.39 is 0 Å². The van der Waals surface area contributed by atoms with Gasteiger partial charge in [-0.1, -0.05) is 18.2 Å². The van der Waals surface area contributed by atoms with Crippen molar-refractivity contribution >= 4 is 10.9 Å². The molecule has 0 aliphatic heterocycles. The summed E-state index contributed by atoms with van der Waals surface area (Å²) in [5.74, 6) is 7.51. The number of nitrogens with one attached hydrogen (secondary N) is 1. The third kappa shape index (κ3) is 2.19. The molecule has 0 aliphatic carbocycles. The Morgan fingerprint density at radius 3 is 2.75 bits per heavy atom. The van der Waals surface area contributed by atoms with Gasteiger partial charge in [-0.3, -0.25) is 10.8 Å². The first-order valence-electron chi connectivity index (χ1n) is 6.57. The lowest BCUT2D eigenvalue weighted by Crippen LogP contribution is -2.29. The first kappa shape index (κ1) is 12.8. The number of furan rings is 1. The third-order valence-corrected chi connectivity index (χ3v) is 3.52. The Morgan fingerprint density at radius 2 is 2.05 bits per heavy atom. The van der Waals surface area contributed by atoms with Crippen LogP contribution in [-0.2, 0) is 0 Å². The molecule has 3 N–H and O–H groups in total. The molecule has 102 valence electrons. The summed E-state index contributed by atoms with van der Waals surface area (Å²) in [6, 6.07) is 12.1. The van der Waals surface area contributed by atoms with Crippen LogP contribution in [-0.4, -0.2) is 4.98 Å². The molecule has 0 amide bonds. The highest BCUT2D eigenvalue weighted by molar-refractivity contribution is 5.79. The maximum Gasteiger partial charge on any atom is 0.106 e. The van der Waals surface area contributed by atoms with E-state index in [1.165, 1.54) is 0 Å². The lowest BCUT2D eigenvalue weighted by Gasteiger charge is -2.16. The van der Waals surface area contributed by atoms with Gasteiger partial charge in [-0.05, 0) is 37.6 Å². The van der Waals surface area contributed by atoms with Crippen LogP contribution in [0.4, 0.5) is 0 Å². The zero-order chi connectivity index (χ0) is 14.1. The van der Waals surface area contributed by atoms with E-state index in [1.807, 2.05) is 32.0 Å². The van der Waals surface area contributed by atoms with Crippen molar-refractivity contribution < 1.29 is 4.42 Å². The summed E-state index contributed by atoms with van der Waals surface area (Å²) in [7, 11) is 0. The molecule has 2 aromatic heterocycles. The van der Waals surface area contributed by atoms with Crippen LogP contribution >= 0.6 is 0 Å². The zero-order valence-electron chi connectivity index (χ0n) is 11.6. The molecule has 4 nitrogen and oxygen atoms in total. The Balaban J connectivity index is 2.09. The van der Waals surface area contributed by atoms with Crippen molar-refractivity contribution in [2.24, 2.45) is 5.84 Å². The van der Waals surface area contributed by atoms with Crippen LogP contribution in [0.1, 0.15) is 28.7 Å². The number of fused-ring (bicyclic) bond motifs is 1. The van der Waals surface area contributed by atoms with Crippen LogP contribution in [0.25, 0.3) is 10.9 Å². The van der Waals surface area contributed by atoms with E-state index in [0.29, 0.717) is 0 Å². The second-order valence-electron chi connectivity index (χ2n) is 4.92.